The normalized spacial score (nSPS) is 10.8. The molecular weight excluding hydrogens is 281 g/mol. The molecule has 2 rings (SSSR count). The minimum Gasteiger partial charge on any atom is -0.480 e. The van der Waals surface area contributed by atoms with Gasteiger partial charge in [0.05, 0.1) is 4.88 Å². The quantitative estimate of drug-likeness (QED) is 0.943. The number of rotatable bonds is 4. The Balaban J connectivity index is 2.44. The molecule has 0 saturated carbocycles. The molecule has 0 radical (unpaired) electrons. The summed E-state index contributed by atoms with van der Waals surface area (Å²) in [6, 6.07) is 4.37. The van der Waals surface area contributed by atoms with Crippen molar-refractivity contribution in [3.8, 4) is 0 Å². The third kappa shape index (κ3) is 2.65. The van der Waals surface area contributed by atoms with Gasteiger partial charge in [-0.25, -0.2) is 4.39 Å². The predicted octanol–water partition coefficient (Wildman–Crippen LogP) is 2.90. The van der Waals surface area contributed by atoms with Crippen LogP contribution in [0.25, 0.3) is 10.1 Å². The highest BCUT2D eigenvalue weighted by atomic mass is 32.1. The molecule has 4 nitrogen and oxygen atoms in total. The third-order valence-corrected chi connectivity index (χ3v) is 4.35. The Morgan fingerprint density at radius 2 is 2.10 bits per heavy atom. The molecule has 0 aliphatic heterocycles. The van der Waals surface area contributed by atoms with Crippen LogP contribution >= 0.6 is 11.3 Å². The van der Waals surface area contributed by atoms with Gasteiger partial charge in [-0.15, -0.1) is 11.3 Å². The topological polar surface area (TPSA) is 57.6 Å². The average Bonchev–Trinajstić information content (AvgIpc) is 2.72. The van der Waals surface area contributed by atoms with Crippen molar-refractivity contribution >= 4 is 33.3 Å². The van der Waals surface area contributed by atoms with Crippen molar-refractivity contribution in [1.29, 1.82) is 0 Å². The summed E-state index contributed by atoms with van der Waals surface area (Å²) in [4.78, 5) is 24.9. The van der Waals surface area contributed by atoms with Crippen LogP contribution in [0.2, 0.25) is 0 Å². The lowest BCUT2D eigenvalue weighted by Crippen LogP contribution is -2.35. The summed E-state index contributed by atoms with van der Waals surface area (Å²) < 4.78 is 14.1. The molecule has 1 N–H and O–H groups in total. The summed E-state index contributed by atoms with van der Waals surface area (Å²) in [5, 5.41) is 9.52. The number of carboxylic acid groups (broad SMARTS) is 1. The largest absolute Gasteiger partial charge is 0.480 e. The van der Waals surface area contributed by atoms with Crippen LogP contribution in [-0.2, 0) is 4.79 Å². The van der Waals surface area contributed by atoms with E-state index in [0.29, 0.717) is 22.4 Å². The molecule has 2 aromatic rings. The van der Waals surface area contributed by atoms with Gasteiger partial charge in [0.2, 0.25) is 0 Å². The number of carbonyl (C=O) groups excluding carboxylic acids is 1. The number of likely N-dealkylation sites (N-methyl/N-ethyl adjacent to an activating group) is 1. The van der Waals surface area contributed by atoms with E-state index in [1.165, 1.54) is 28.4 Å². The summed E-state index contributed by atoms with van der Waals surface area (Å²) in [7, 11) is 0. The van der Waals surface area contributed by atoms with Crippen LogP contribution in [-0.4, -0.2) is 35.0 Å². The zero-order valence-corrected chi connectivity index (χ0v) is 12.0. The number of carbonyl (C=O) groups is 2. The van der Waals surface area contributed by atoms with Crippen molar-refractivity contribution in [3.05, 3.63) is 34.5 Å². The number of halogens is 1. The second-order valence-corrected chi connectivity index (χ2v) is 5.46. The number of aliphatic carboxylic acids is 1. The molecule has 0 aliphatic rings. The first-order valence-corrected chi connectivity index (χ1v) is 6.95. The molecule has 0 unspecified atom stereocenters. The van der Waals surface area contributed by atoms with E-state index in [-0.39, 0.29) is 18.3 Å². The maximum atomic E-state index is 13.3. The van der Waals surface area contributed by atoms with Crippen LogP contribution in [0.15, 0.2) is 18.2 Å². The van der Waals surface area contributed by atoms with Gasteiger partial charge in [0.25, 0.3) is 5.91 Å². The first-order chi connectivity index (χ1) is 9.43. The van der Waals surface area contributed by atoms with Crippen LogP contribution in [0.1, 0.15) is 22.2 Å². The number of hydrogen-bond donors (Lipinski definition) is 1. The van der Waals surface area contributed by atoms with Crippen LogP contribution in [0.5, 0.6) is 0 Å². The molecule has 1 amide bonds. The minimum atomic E-state index is -1.05. The molecule has 0 atom stereocenters. The predicted molar refractivity (Wildman–Crippen MR) is 75.7 cm³/mol. The third-order valence-electron chi connectivity index (χ3n) is 3.09. The smallest absolute Gasteiger partial charge is 0.323 e. The molecule has 20 heavy (non-hydrogen) atoms. The molecule has 0 spiro atoms. The Labute approximate surface area is 119 Å². The number of nitrogens with zero attached hydrogens (tertiary/aromatic N) is 1. The van der Waals surface area contributed by atoms with E-state index in [4.69, 9.17) is 5.11 Å². The van der Waals surface area contributed by atoms with Gasteiger partial charge in [0.15, 0.2) is 0 Å². The zero-order chi connectivity index (χ0) is 14.9. The van der Waals surface area contributed by atoms with Gasteiger partial charge in [0, 0.05) is 11.2 Å². The molecule has 1 aromatic heterocycles. The van der Waals surface area contributed by atoms with E-state index < -0.39 is 5.97 Å². The van der Waals surface area contributed by atoms with Gasteiger partial charge >= 0.3 is 5.97 Å². The Morgan fingerprint density at radius 1 is 1.40 bits per heavy atom. The van der Waals surface area contributed by atoms with E-state index in [1.807, 2.05) is 0 Å². The van der Waals surface area contributed by atoms with Crippen molar-refractivity contribution in [2.24, 2.45) is 0 Å². The highest BCUT2D eigenvalue weighted by Crippen LogP contribution is 2.32. The zero-order valence-electron chi connectivity index (χ0n) is 11.1. The van der Waals surface area contributed by atoms with Gasteiger partial charge in [0.1, 0.15) is 12.4 Å². The maximum Gasteiger partial charge on any atom is 0.323 e. The van der Waals surface area contributed by atoms with Crippen molar-refractivity contribution in [2.45, 2.75) is 13.8 Å². The Bertz CT molecular complexity index is 680. The summed E-state index contributed by atoms with van der Waals surface area (Å²) in [5.41, 5.74) is 0.693. The maximum absolute atomic E-state index is 13.3. The molecule has 0 fully saturated rings. The van der Waals surface area contributed by atoms with Crippen molar-refractivity contribution in [3.63, 3.8) is 0 Å². The van der Waals surface area contributed by atoms with E-state index >= 15 is 0 Å². The van der Waals surface area contributed by atoms with Crippen molar-refractivity contribution < 1.29 is 19.1 Å². The second kappa shape index (κ2) is 5.58. The molecule has 1 heterocycles. The lowest BCUT2D eigenvalue weighted by Gasteiger charge is -2.17. The van der Waals surface area contributed by atoms with Gasteiger partial charge in [-0.05, 0) is 43.0 Å². The molecule has 1 aromatic carbocycles. The number of amides is 1. The second-order valence-electron chi connectivity index (χ2n) is 4.41. The first-order valence-electron chi connectivity index (χ1n) is 6.13. The number of aryl methyl sites for hydroxylation is 1. The lowest BCUT2D eigenvalue weighted by molar-refractivity contribution is -0.137. The van der Waals surface area contributed by atoms with Gasteiger partial charge in [-0.2, -0.15) is 0 Å². The summed E-state index contributed by atoms with van der Waals surface area (Å²) in [6.07, 6.45) is 0. The number of fused-ring (bicyclic) bond motifs is 1. The lowest BCUT2D eigenvalue weighted by atomic mass is 10.1. The number of hydrogen-bond acceptors (Lipinski definition) is 3. The summed E-state index contributed by atoms with van der Waals surface area (Å²) in [6.45, 7) is 3.45. The van der Waals surface area contributed by atoms with Gasteiger partial charge < -0.3 is 10.0 Å². The molecular formula is C14H14FNO3S. The Kier molecular flexibility index (Phi) is 4.04. The monoisotopic (exact) mass is 295 g/mol. The molecule has 0 saturated heterocycles. The van der Waals surface area contributed by atoms with Gasteiger partial charge in [-0.3, -0.25) is 9.59 Å². The van der Waals surface area contributed by atoms with Crippen LogP contribution in [0.3, 0.4) is 0 Å². The van der Waals surface area contributed by atoms with E-state index in [9.17, 15) is 14.0 Å². The summed E-state index contributed by atoms with van der Waals surface area (Å²) >= 11 is 1.26. The highest BCUT2D eigenvalue weighted by molar-refractivity contribution is 7.21. The number of benzene rings is 1. The molecule has 0 bridgehead atoms. The van der Waals surface area contributed by atoms with Crippen molar-refractivity contribution in [2.75, 3.05) is 13.1 Å². The molecule has 0 aliphatic carbocycles. The molecule has 6 heteroatoms. The molecule has 106 valence electrons. The Morgan fingerprint density at radius 3 is 2.70 bits per heavy atom. The Hall–Kier alpha value is -1.95. The minimum absolute atomic E-state index is 0.313. The first kappa shape index (κ1) is 14.5. The van der Waals surface area contributed by atoms with Crippen molar-refractivity contribution in [1.82, 2.24) is 4.90 Å². The summed E-state index contributed by atoms with van der Waals surface area (Å²) in [5.74, 6) is -1.73. The number of thiophene rings is 1. The highest BCUT2D eigenvalue weighted by Gasteiger charge is 2.22. The fraction of sp³-hybridized carbons (Fsp3) is 0.286. The fourth-order valence-corrected chi connectivity index (χ4v) is 3.19. The average molecular weight is 295 g/mol. The van der Waals surface area contributed by atoms with E-state index in [0.717, 1.165) is 4.70 Å². The van der Waals surface area contributed by atoms with Crippen LogP contribution < -0.4 is 0 Å². The number of carboxylic acids is 1. The van der Waals surface area contributed by atoms with E-state index in [1.54, 1.807) is 19.9 Å². The van der Waals surface area contributed by atoms with Crippen LogP contribution in [0, 0.1) is 12.7 Å². The standard InChI is InChI=1S/C14H14FNO3S/c1-3-16(7-12(17)18)14(19)13-8(2)10-6-9(15)4-5-11(10)20-13/h4-6H,3,7H2,1-2H3,(H,17,18). The fourth-order valence-electron chi connectivity index (χ4n) is 2.03. The van der Waals surface area contributed by atoms with Gasteiger partial charge in [-0.1, -0.05) is 0 Å². The van der Waals surface area contributed by atoms with E-state index in [2.05, 4.69) is 0 Å². The SMILES string of the molecule is CCN(CC(=O)O)C(=O)c1sc2ccc(F)cc2c1C. The van der Waals surface area contributed by atoms with Crippen LogP contribution in [0.4, 0.5) is 4.39 Å².